The summed E-state index contributed by atoms with van der Waals surface area (Å²) in [5.74, 6) is -2.43. The first-order valence-corrected chi connectivity index (χ1v) is 8.31. The first kappa shape index (κ1) is 14.4. The van der Waals surface area contributed by atoms with Gasteiger partial charge in [-0.2, -0.15) is 0 Å². The number of hydrogen-bond donors (Lipinski definition) is 9. The summed E-state index contributed by atoms with van der Waals surface area (Å²) in [5.41, 5.74) is 16.1. The van der Waals surface area contributed by atoms with Crippen molar-refractivity contribution in [2.45, 2.75) is 37.8 Å². The van der Waals surface area contributed by atoms with Gasteiger partial charge in [0.25, 0.3) is 0 Å². The third-order valence-corrected chi connectivity index (χ3v) is 3.24. The third-order valence-electron chi connectivity index (χ3n) is 3.24. The molecule has 2 atom stereocenters. The Hall–Kier alpha value is -2.60. The molecule has 0 aliphatic rings. The minimum absolute atomic E-state index is 0.0221. The Kier molecular flexibility index (Phi) is 8.52. The summed E-state index contributed by atoms with van der Waals surface area (Å²) in [6.07, 6.45) is 1.30. The molecule has 12 N–H and O–H groups in total. The number of guanidine groups is 2. The van der Waals surface area contributed by atoms with E-state index in [1.165, 1.54) is 7.05 Å². The van der Waals surface area contributed by atoms with Crippen LogP contribution in [0.2, 0.25) is 0 Å². The van der Waals surface area contributed by atoms with Crippen LogP contribution in [0.25, 0.3) is 0 Å². The predicted molar refractivity (Wildman–Crippen MR) is 108 cm³/mol. The van der Waals surface area contributed by atoms with E-state index in [1.54, 1.807) is 0 Å². The zero-order chi connectivity index (χ0) is 29.6. The van der Waals surface area contributed by atoms with Crippen LogP contribution in [0.5, 0.6) is 0 Å². The average Bonchev–Trinajstić information content (AvgIpc) is 2.70. The van der Waals surface area contributed by atoms with Crippen molar-refractivity contribution < 1.29 is 41.7 Å². The minimum Gasteiger partial charge on any atom is -0.480 e. The molecule has 0 radical (unpaired) electrons. The fourth-order valence-electron chi connectivity index (χ4n) is 1.56. The Morgan fingerprint density at radius 3 is 2.07 bits per heavy atom. The van der Waals surface area contributed by atoms with Gasteiger partial charge in [-0.1, -0.05) is 0 Å². The van der Waals surface area contributed by atoms with Gasteiger partial charge in [0, 0.05) is 0 Å². The van der Waals surface area contributed by atoms with Crippen LogP contribution in [0.1, 0.15) is 38.0 Å². The molecule has 2 unspecified atom stereocenters. The molecule has 0 fully saturated rings. The summed E-state index contributed by atoms with van der Waals surface area (Å²) in [5, 5.41) is 24.4. The number of rotatable bonds is 10. The van der Waals surface area contributed by atoms with E-state index in [-0.39, 0.29) is 24.9 Å². The molecule has 12 heteroatoms. The number of aliphatic carboxylic acids is 2. The van der Waals surface area contributed by atoms with Crippen LogP contribution < -0.4 is 38.1 Å². The van der Waals surface area contributed by atoms with Gasteiger partial charge in [0.15, 0.2) is 0 Å². The van der Waals surface area contributed by atoms with Gasteiger partial charge in [-0.25, -0.2) is 0 Å². The van der Waals surface area contributed by atoms with Gasteiger partial charge in [-0.3, -0.25) is 40.8 Å². The third kappa shape index (κ3) is 15.6. The molecule has 0 bridgehead atoms. The highest BCUT2D eigenvalue weighted by Gasteiger charge is 2.11. The topological polar surface area (TPSA) is 206 Å². The summed E-state index contributed by atoms with van der Waals surface area (Å²) in [6.45, 7) is -6.87. The van der Waals surface area contributed by atoms with Gasteiger partial charge in [0.05, 0.1) is 53.4 Å². The van der Waals surface area contributed by atoms with E-state index in [1.807, 2.05) is 10.3 Å². The van der Waals surface area contributed by atoms with Crippen molar-refractivity contribution in [3.63, 3.8) is 0 Å². The molecule has 28 heavy (non-hydrogen) atoms. The second-order valence-corrected chi connectivity index (χ2v) is 5.60. The second kappa shape index (κ2) is 16.6. The number of nitrogens with two attached hydrogens (primary N) is 3. The van der Waals surface area contributed by atoms with Crippen molar-refractivity contribution in [2.75, 3.05) is 41.1 Å². The zero-order valence-electron chi connectivity index (χ0n) is 24.8. The Morgan fingerprint density at radius 1 is 1.11 bits per heavy atom. The molecule has 0 saturated heterocycles. The zero-order valence-corrected chi connectivity index (χ0v) is 15.8. The lowest BCUT2D eigenvalue weighted by molar-refractivity contribution is -0.467. The molecule has 0 aliphatic heterocycles. The molecule has 0 aromatic heterocycles. The first-order valence-electron chi connectivity index (χ1n) is 12.8. The lowest BCUT2D eigenvalue weighted by Crippen LogP contribution is -2.75. The normalized spacial score (nSPS) is 20.1. The van der Waals surface area contributed by atoms with Crippen LogP contribution >= 0.6 is 0 Å². The van der Waals surface area contributed by atoms with Crippen LogP contribution in [-0.2, 0) is 9.59 Å². The molecule has 0 aliphatic carbocycles. The molecule has 0 rings (SSSR count). The van der Waals surface area contributed by atoms with Gasteiger partial charge in [-0.15, -0.1) is 0 Å². The summed E-state index contributed by atoms with van der Waals surface area (Å²) in [6, 6.07) is -1.91. The fourth-order valence-corrected chi connectivity index (χ4v) is 1.56. The molecule has 12 nitrogen and oxygen atoms in total. The van der Waals surface area contributed by atoms with Crippen molar-refractivity contribution >= 4 is 23.9 Å². The van der Waals surface area contributed by atoms with Crippen LogP contribution in [0, 0.1) is 0 Å². The Morgan fingerprint density at radius 2 is 1.64 bits per heavy atom. The van der Waals surface area contributed by atoms with E-state index in [0.717, 1.165) is 4.58 Å². The van der Waals surface area contributed by atoms with E-state index >= 15 is 0 Å². The maximum absolute atomic E-state index is 10.5. The summed E-state index contributed by atoms with van der Waals surface area (Å²) in [7, 11) is 1.35. The number of hydrogen-bond acceptors (Lipinski definition) is 4. The van der Waals surface area contributed by atoms with Gasteiger partial charge in [0.2, 0.25) is 0 Å². The van der Waals surface area contributed by atoms with E-state index in [4.69, 9.17) is 39.8 Å². The molecule has 0 amide bonds. The standard InChI is InChI=1S/2C8H18N4O2/c1-12(2)8(10)11-5-3-4-6(9)7(13)14;1-10-8(11-2)12-5-3-4-6(9)7(13)14/h6H,3-5,9H2,1-2H3,(H3,10,11,13,14);6H,3-5,9H2,1-2H3,(H,13,14)(H2,10,11,12)/p+2/i1D3;1D3,2D3. The maximum atomic E-state index is 10.5. The van der Waals surface area contributed by atoms with Gasteiger partial charge >= 0.3 is 23.9 Å². The van der Waals surface area contributed by atoms with Crippen molar-refractivity contribution in [3.8, 4) is 0 Å². The number of carboxylic acid groups (broad SMARTS) is 2. The van der Waals surface area contributed by atoms with Gasteiger partial charge in [-0.05, 0) is 25.7 Å². The second-order valence-electron chi connectivity index (χ2n) is 5.60. The SMILES string of the molecule is [2H]C([2H])([2H])NC(NCCCC(N)C(=O)O)=[NH+]C([2H])([2H])[2H].[2H]C([2H])([2H])[N+](C)=C(N)NCCCC(N)C(=O)O. The van der Waals surface area contributed by atoms with Crippen molar-refractivity contribution in [3.05, 3.63) is 0 Å². The largest absolute Gasteiger partial charge is 0.480 e. The smallest absolute Gasteiger partial charge is 0.342 e. The Balaban J connectivity index is 0. The van der Waals surface area contributed by atoms with E-state index in [9.17, 15) is 9.59 Å². The highest BCUT2D eigenvalue weighted by molar-refractivity contribution is 5.74. The van der Waals surface area contributed by atoms with Crippen molar-refractivity contribution in [2.24, 2.45) is 17.2 Å². The summed E-state index contributed by atoms with van der Waals surface area (Å²) < 4.78 is 64.3. The minimum atomic E-state index is -2.56. The van der Waals surface area contributed by atoms with Crippen molar-refractivity contribution in [1.29, 1.82) is 0 Å². The predicted octanol–water partition coefficient (Wildman–Crippen LogP) is -4.59. The molecule has 0 spiro atoms. The van der Waals surface area contributed by atoms with Gasteiger partial charge in [0.1, 0.15) is 12.1 Å². The molecule has 0 aromatic rings. The van der Waals surface area contributed by atoms with Crippen molar-refractivity contribution in [1.82, 2.24) is 16.0 Å². The van der Waals surface area contributed by atoms with E-state index < -0.39 is 44.9 Å². The molecule has 164 valence electrons. The van der Waals surface area contributed by atoms with Crippen LogP contribution in [-0.4, -0.2) is 91.8 Å². The average molecular weight is 416 g/mol. The highest BCUT2D eigenvalue weighted by atomic mass is 16.4. The monoisotopic (exact) mass is 415 g/mol. The quantitative estimate of drug-likeness (QED) is 0.0722. The Labute approximate surface area is 178 Å². The molecule has 0 saturated carbocycles. The fraction of sp³-hybridized carbons (Fsp3) is 0.750. The Bertz CT molecular complexity index is 786. The summed E-state index contributed by atoms with van der Waals surface area (Å²) >= 11 is 0. The lowest BCUT2D eigenvalue weighted by Gasteiger charge is -2.05. The van der Waals surface area contributed by atoms with E-state index in [0.29, 0.717) is 25.8 Å². The maximum Gasteiger partial charge on any atom is 0.342 e. The molecular formula is C16H38N8O4+2. The molecular weight excluding hydrogens is 368 g/mol. The molecule has 0 heterocycles. The lowest BCUT2D eigenvalue weighted by atomic mass is 10.2. The molecule has 0 aromatic carbocycles. The van der Waals surface area contributed by atoms with Crippen LogP contribution in [0.4, 0.5) is 0 Å². The van der Waals surface area contributed by atoms with Crippen LogP contribution in [0.15, 0.2) is 0 Å². The number of nitrogens with one attached hydrogen (secondary N) is 4. The number of carbonyl (C=O) groups is 2. The number of nitrogens with zero attached hydrogens (tertiary/aromatic N) is 1. The van der Waals surface area contributed by atoms with E-state index in [2.05, 4.69) is 10.6 Å². The number of carboxylic acids is 2. The van der Waals surface area contributed by atoms with Crippen LogP contribution in [0.3, 0.4) is 0 Å². The van der Waals surface area contributed by atoms with Gasteiger partial charge < -0.3 is 21.7 Å². The summed E-state index contributed by atoms with van der Waals surface area (Å²) in [4.78, 5) is 22.9. The highest BCUT2D eigenvalue weighted by Crippen LogP contribution is 1.93. The first-order chi connectivity index (χ1) is 16.6.